The number of ketones is 1. The Morgan fingerprint density at radius 2 is 2.04 bits per heavy atom. The summed E-state index contributed by atoms with van der Waals surface area (Å²) in [6.07, 6.45) is 2.55. The fraction of sp³-hybridized carbons (Fsp3) is 0.211. The van der Waals surface area contributed by atoms with E-state index in [0.717, 1.165) is 39.7 Å². The molecule has 0 atom stereocenters. The minimum atomic E-state index is 0.222. The maximum atomic E-state index is 12.0. The van der Waals surface area contributed by atoms with E-state index in [1.165, 1.54) is 0 Å². The van der Waals surface area contributed by atoms with E-state index >= 15 is 0 Å². The van der Waals surface area contributed by atoms with Crippen molar-refractivity contribution < 1.29 is 9.21 Å². The predicted octanol–water partition coefficient (Wildman–Crippen LogP) is 4.63. The fourth-order valence-corrected chi connectivity index (χ4v) is 3.38. The highest BCUT2D eigenvalue weighted by Crippen LogP contribution is 2.25. The van der Waals surface area contributed by atoms with E-state index in [9.17, 15) is 4.79 Å². The van der Waals surface area contributed by atoms with Crippen LogP contribution in [0.5, 0.6) is 0 Å². The first-order valence-corrected chi connectivity index (χ1v) is 8.97. The monoisotopic (exact) mass is 397 g/mol. The summed E-state index contributed by atoms with van der Waals surface area (Å²) in [5.74, 6) is 1.21. The molecule has 0 unspecified atom stereocenters. The van der Waals surface area contributed by atoms with Crippen molar-refractivity contribution in [3.05, 3.63) is 64.0 Å². The molecule has 0 saturated heterocycles. The van der Waals surface area contributed by atoms with Crippen LogP contribution in [0.3, 0.4) is 0 Å². The summed E-state index contributed by atoms with van der Waals surface area (Å²) in [4.78, 5) is 12.0. The van der Waals surface area contributed by atoms with E-state index in [1.807, 2.05) is 42.5 Å². The standard InChI is InChI=1S/C19H16BrN3O2/c20-14-5-1-4-13(9-14)19-23-22-18(25-19)11-21-15-8-7-12-3-2-6-17(24)16(12)10-15/h1,4-5,7-10,21H,2-3,6,11H2. The molecule has 0 saturated carbocycles. The Bertz CT molecular complexity index is 936. The van der Waals surface area contributed by atoms with Crippen LogP contribution in [-0.4, -0.2) is 16.0 Å². The van der Waals surface area contributed by atoms with Crippen LogP contribution in [0.25, 0.3) is 11.5 Å². The zero-order chi connectivity index (χ0) is 17.2. The molecule has 1 N–H and O–H groups in total. The molecule has 1 aromatic heterocycles. The van der Waals surface area contributed by atoms with Crippen LogP contribution in [0.4, 0.5) is 5.69 Å². The lowest BCUT2D eigenvalue weighted by Crippen LogP contribution is -2.11. The number of carbonyl (C=O) groups excluding carboxylic acids is 1. The third-order valence-corrected chi connectivity index (χ3v) is 4.74. The number of rotatable bonds is 4. The van der Waals surface area contributed by atoms with Crippen molar-refractivity contribution >= 4 is 27.4 Å². The number of Topliss-reactive ketones (excluding diaryl/α,β-unsaturated/α-hetero) is 1. The Labute approximate surface area is 153 Å². The second kappa shape index (κ2) is 6.80. The lowest BCUT2D eigenvalue weighted by atomic mass is 9.90. The SMILES string of the molecule is O=C1CCCc2ccc(NCc3nnc(-c4cccc(Br)c4)o3)cc21. The predicted molar refractivity (Wildman–Crippen MR) is 98.5 cm³/mol. The van der Waals surface area contributed by atoms with Gasteiger partial charge in [0.05, 0.1) is 6.54 Å². The zero-order valence-corrected chi connectivity index (χ0v) is 15.0. The third kappa shape index (κ3) is 3.49. The summed E-state index contributed by atoms with van der Waals surface area (Å²) in [5.41, 5.74) is 3.72. The topological polar surface area (TPSA) is 68.0 Å². The van der Waals surface area contributed by atoms with E-state index in [0.29, 0.717) is 24.7 Å². The number of nitrogens with zero attached hydrogens (tertiary/aromatic N) is 2. The zero-order valence-electron chi connectivity index (χ0n) is 13.5. The van der Waals surface area contributed by atoms with Crippen LogP contribution >= 0.6 is 15.9 Å². The molecule has 0 bridgehead atoms. The molecule has 4 rings (SSSR count). The van der Waals surface area contributed by atoms with Crippen LogP contribution in [0.15, 0.2) is 51.4 Å². The molecule has 0 fully saturated rings. The lowest BCUT2D eigenvalue weighted by Gasteiger charge is -2.15. The Hall–Kier alpha value is -2.47. The van der Waals surface area contributed by atoms with E-state index < -0.39 is 0 Å². The molecule has 1 heterocycles. The highest BCUT2D eigenvalue weighted by Gasteiger charge is 2.17. The molecular weight excluding hydrogens is 382 g/mol. The maximum absolute atomic E-state index is 12.0. The second-order valence-electron chi connectivity index (χ2n) is 6.01. The van der Waals surface area contributed by atoms with Gasteiger partial charge in [0, 0.05) is 27.7 Å². The largest absolute Gasteiger partial charge is 0.419 e. The highest BCUT2D eigenvalue weighted by molar-refractivity contribution is 9.10. The van der Waals surface area contributed by atoms with Gasteiger partial charge in [0.1, 0.15) is 0 Å². The Morgan fingerprint density at radius 3 is 2.92 bits per heavy atom. The fourth-order valence-electron chi connectivity index (χ4n) is 2.98. The van der Waals surface area contributed by atoms with Crippen molar-refractivity contribution in [2.45, 2.75) is 25.8 Å². The number of hydrogen-bond acceptors (Lipinski definition) is 5. The molecule has 5 nitrogen and oxygen atoms in total. The molecule has 25 heavy (non-hydrogen) atoms. The number of aryl methyl sites for hydroxylation is 1. The summed E-state index contributed by atoms with van der Waals surface area (Å²) in [5, 5.41) is 11.4. The summed E-state index contributed by atoms with van der Waals surface area (Å²) >= 11 is 3.43. The van der Waals surface area contributed by atoms with Crippen molar-refractivity contribution in [3.63, 3.8) is 0 Å². The van der Waals surface area contributed by atoms with Gasteiger partial charge < -0.3 is 9.73 Å². The van der Waals surface area contributed by atoms with Gasteiger partial charge in [-0.15, -0.1) is 10.2 Å². The number of halogens is 1. The maximum Gasteiger partial charge on any atom is 0.247 e. The van der Waals surface area contributed by atoms with Gasteiger partial charge in [-0.25, -0.2) is 0 Å². The second-order valence-corrected chi connectivity index (χ2v) is 6.93. The Kier molecular flexibility index (Phi) is 4.36. The first kappa shape index (κ1) is 16.0. The quantitative estimate of drug-likeness (QED) is 0.694. The van der Waals surface area contributed by atoms with Gasteiger partial charge in [-0.2, -0.15) is 0 Å². The Balaban J connectivity index is 1.47. The molecule has 1 aliphatic rings. The van der Waals surface area contributed by atoms with Crippen molar-refractivity contribution in [2.24, 2.45) is 0 Å². The van der Waals surface area contributed by atoms with E-state index in [4.69, 9.17) is 4.42 Å². The highest BCUT2D eigenvalue weighted by atomic mass is 79.9. The third-order valence-electron chi connectivity index (χ3n) is 4.24. The molecular formula is C19H16BrN3O2. The summed E-state index contributed by atoms with van der Waals surface area (Å²) in [7, 11) is 0. The molecule has 0 amide bonds. The molecule has 2 aromatic carbocycles. The van der Waals surface area contributed by atoms with Crippen molar-refractivity contribution in [1.82, 2.24) is 10.2 Å². The van der Waals surface area contributed by atoms with Crippen LogP contribution in [0, 0.1) is 0 Å². The lowest BCUT2D eigenvalue weighted by molar-refractivity contribution is 0.0972. The van der Waals surface area contributed by atoms with Crippen molar-refractivity contribution in [3.8, 4) is 11.5 Å². The first-order chi connectivity index (χ1) is 12.2. The van der Waals surface area contributed by atoms with E-state index in [2.05, 4.69) is 31.4 Å². The van der Waals surface area contributed by atoms with E-state index in [-0.39, 0.29) is 5.78 Å². The van der Waals surface area contributed by atoms with E-state index in [1.54, 1.807) is 0 Å². The van der Waals surface area contributed by atoms with Crippen LogP contribution in [0.1, 0.15) is 34.7 Å². The van der Waals surface area contributed by atoms with Gasteiger partial charge in [-0.3, -0.25) is 4.79 Å². The van der Waals surface area contributed by atoms with Crippen molar-refractivity contribution in [2.75, 3.05) is 5.32 Å². The summed E-state index contributed by atoms with van der Waals surface area (Å²) in [6, 6.07) is 13.6. The average molecular weight is 398 g/mol. The molecule has 0 aliphatic heterocycles. The molecule has 126 valence electrons. The summed E-state index contributed by atoms with van der Waals surface area (Å²) in [6.45, 7) is 0.411. The van der Waals surface area contributed by atoms with Gasteiger partial charge in [0.2, 0.25) is 11.8 Å². The van der Waals surface area contributed by atoms with Gasteiger partial charge >= 0.3 is 0 Å². The first-order valence-electron chi connectivity index (χ1n) is 8.17. The molecule has 3 aromatic rings. The number of carbonyl (C=O) groups is 1. The van der Waals surface area contributed by atoms with Gasteiger partial charge in [0.25, 0.3) is 0 Å². The molecule has 0 radical (unpaired) electrons. The number of aromatic nitrogens is 2. The number of benzene rings is 2. The van der Waals surface area contributed by atoms with Gasteiger partial charge in [-0.05, 0) is 48.7 Å². The number of nitrogens with one attached hydrogen (secondary N) is 1. The van der Waals surface area contributed by atoms with Crippen LogP contribution < -0.4 is 5.32 Å². The molecule has 6 heteroatoms. The minimum Gasteiger partial charge on any atom is -0.419 e. The number of anilines is 1. The van der Waals surface area contributed by atoms with Crippen molar-refractivity contribution in [1.29, 1.82) is 0 Å². The molecule has 0 spiro atoms. The normalized spacial score (nSPS) is 13.6. The minimum absolute atomic E-state index is 0.222. The smallest absolute Gasteiger partial charge is 0.247 e. The van der Waals surface area contributed by atoms with Gasteiger partial charge in [-0.1, -0.05) is 28.1 Å². The summed E-state index contributed by atoms with van der Waals surface area (Å²) < 4.78 is 6.67. The Morgan fingerprint density at radius 1 is 1.12 bits per heavy atom. The molecule has 1 aliphatic carbocycles. The number of fused-ring (bicyclic) bond motifs is 1. The van der Waals surface area contributed by atoms with Crippen LogP contribution in [0.2, 0.25) is 0 Å². The average Bonchev–Trinajstić information content (AvgIpc) is 3.10. The van der Waals surface area contributed by atoms with Crippen LogP contribution in [-0.2, 0) is 13.0 Å². The number of hydrogen-bond donors (Lipinski definition) is 1. The van der Waals surface area contributed by atoms with Gasteiger partial charge in [0.15, 0.2) is 5.78 Å².